The smallest absolute Gasteiger partial charge is 0.329 e. The van der Waals surface area contributed by atoms with Crippen LogP contribution in [0.25, 0.3) is 10.2 Å². The van der Waals surface area contributed by atoms with Gasteiger partial charge in [0.05, 0.1) is 16.8 Å². The number of aryl methyl sites for hydroxylation is 1. The Morgan fingerprint density at radius 2 is 1.79 bits per heavy atom. The number of urea groups is 1. The molecule has 0 spiro atoms. The van der Waals surface area contributed by atoms with Crippen LogP contribution < -0.4 is 4.90 Å². The Morgan fingerprint density at radius 1 is 1.06 bits per heavy atom. The second-order valence-corrected chi connectivity index (χ2v) is 9.93. The summed E-state index contributed by atoms with van der Waals surface area (Å²) in [6, 6.07) is 6.16. The zero-order valence-electron chi connectivity index (χ0n) is 20.5. The predicted molar refractivity (Wildman–Crippen MR) is 136 cm³/mol. The number of unbranched alkanes of at least 4 members (excludes halogenated alkanes) is 6. The number of hydrogen-bond donors (Lipinski definition) is 0. The van der Waals surface area contributed by atoms with Crippen LogP contribution in [0.4, 0.5) is 9.93 Å². The van der Waals surface area contributed by atoms with E-state index in [1.807, 2.05) is 4.90 Å². The van der Waals surface area contributed by atoms with Crippen molar-refractivity contribution in [3.05, 3.63) is 23.8 Å². The maximum Gasteiger partial charge on any atom is 0.329 e. The van der Waals surface area contributed by atoms with Crippen molar-refractivity contribution < 1.29 is 14.3 Å². The van der Waals surface area contributed by atoms with E-state index in [2.05, 4.69) is 39.0 Å². The number of aromatic nitrogens is 1. The van der Waals surface area contributed by atoms with Gasteiger partial charge in [-0.05, 0) is 37.3 Å². The SMILES string of the molecule is CCCCCC(=O)OC1CN(CCCCC)C(=O)N1c1nc2c(CCCCC)cccc2s1. The maximum atomic E-state index is 13.4. The van der Waals surface area contributed by atoms with Crippen molar-refractivity contribution >= 4 is 38.7 Å². The Balaban J connectivity index is 1.82. The minimum absolute atomic E-state index is 0.107. The fraction of sp³-hybridized carbons (Fsp3) is 0.654. The monoisotopic (exact) mass is 473 g/mol. The van der Waals surface area contributed by atoms with Crippen LogP contribution in [0.2, 0.25) is 0 Å². The van der Waals surface area contributed by atoms with Gasteiger partial charge in [-0.1, -0.05) is 82.8 Å². The zero-order valence-corrected chi connectivity index (χ0v) is 21.3. The second-order valence-electron chi connectivity index (χ2n) is 8.92. The van der Waals surface area contributed by atoms with Crippen molar-refractivity contribution in [2.24, 2.45) is 0 Å². The Kier molecular flexibility index (Phi) is 9.97. The molecule has 1 atom stereocenters. The first-order valence-electron chi connectivity index (χ1n) is 12.7. The average Bonchev–Trinajstić information content (AvgIpc) is 3.35. The molecule has 1 fully saturated rings. The van der Waals surface area contributed by atoms with Gasteiger partial charge in [0.1, 0.15) is 0 Å². The lowest BCUT2D eigenvalue weighted by Crippen LogP contribution is -2.37. The van der Waals surface area contributed by atoms with Gasteiger partial charge in [0.15, 0.2) is 5.13 Å². The fourth-order valence-electron chi connectivity index (χ4n) is 4.25. The highest BCUT2D eigenvalue weighted by Crippen LogP contribution is 2.35. The summed E-state index contributed by atoms with van der Waals surface area (Å²) < 4.78 is 6.90. The molecule has 2 aromatic rings. The molecule has 0 N–H and O–H groups in total. The Labute approximate surface area is 202 Å². The van der Waals surface area contributed by atoms with Crippen LogP contribution >= 0.6 is 11.3 Å². The van der Waals surface area contributed by atoms with Crippen molar-refractivity contribution in [2.45, 2.75) is 97.6 Å². The van der Waals surface area contributed by atoms with Crippen molar-refractivity contribution in [3.63, 3.8) is 0 Å². The first-order chi connectivity index (χ1) is 16.1. The number of ether oxygens (including phenoxy) is 1. The van der Waals surface area contributed by atoms with E-state index in [0.29, 0.717) is 24.6 Å². The number of anilines is 1. The number of carbonyl (C=O) groups is 2. The molecule has 0 saturated carbocycles. The van der Waals surface area contributed by atoms with Gasteiger partial charge in [0, 0.05) is 13.0 Å². The van der Waals surface area contributed by atoms with Gasteiger partial charge in [0.2, 0.25) is 6.23 Å². The molecule has 1 aliphatic heterocycles. The molecule has 1 saturated heterocycles. The third-order valence-corrected chi connectivity index (χ3v) is 7.19. The molecule has 7 heteroatoms. The van der Waals surface area contributed by atoms with E-state index in [9.17, 15) is 9.59 Å². The molecule has 0 radical (unpaired) electrons. The molecule has 33 heavy (non-hydrogen) atoms. The molecular formula is C26H39N3O3S. The summed E-state index contributed by atoms with van der Waals surface area (Å²) in [5.74, 6) is -0.233. The predicted octanol–water partition coefficient (Wildman–Crippen LogP) is 6.91. The van der Waals surface area contributed by atoms with Crippen LogP contribution in [0, 0.1) is 0 Å². The quantitative estimate of drug-likeness (QED) is 0.221. The number of carbonyl (C=O) groups excluding carboxylic acids is 2. The highest BCUT2D eigenvalue weighted by atomic mass is 32.1. The van der Waals surface area contributed by atoms with Crippen LogP contribution in [0.15, 0.2) is 18.2 Å². The molecule has 3 rings (SSSR count). The largest absolute Gasteiger partial charge is 0.439 e. The van der Waals surface area contributed by atoms with E-state index in [-0.39, 0.29) is 12.0 Å². The molecule has 2 amide bonds. The number of hydrogen-bond acceptors (Lipinski definition) is 5. The fourth-order valence-corrected chi connectivity index (χ4v) is 5.30. The summed E-state index contributed by atoms with van der Waals surface area (Å²) in [5, 5.41) is 0.627. The number of thiazole rings is 1. The third-order valence-electron chi connectivity index (χ3n) is 6.17. The highest BCUT2D eigenvalue weighted by Gasteiger charge is 2.42. The molecule has 6 nitrogen and oxygen atoms in total. The summed E-state index contributed by atoms with van der Waals surface area (Å²) in [5.41, 5.74) is 2.20. The van der Waals surface area contributed by atoms with E-state index in [0.717, 1.165) is 61.6 Å². The molecular weight excluding hydrogens is 434 g/mol. The third kappa shape index (κ3) is 6.69. The Morgan fingerprint density at radius 3 is 2.55 bits per heavy atom. The first-order valence-corrected chi connectivity index (χ1v) is 13.6. The number of nitrogens with zero attached hydrogens (tertiary/aromatic N) is 3. The Bertz CT molecular complexity index is 913. The number of fused-ring (bicyclic) bond motifs is 1. The van der Waals surface area contributed by atoms with Crippen LogP contribution in [0.3, 0.4) is 0 Å². The van der Waals surface area contributed by atoms with Crippen LogP contribution in [0.1, 0.15) is 90.5 Å². The van der Waals surface area contributed by atoms with Crippen LogP contribution in [0.5, 0.6) is 0 Å². The molecule has 0 bridgehead atoms. The van der Waals surface area contributed by atoms with E-state index < -0.39 is 6.23 Å². The number of esters is 1. The van der Waals surface area contributed by atoms with Crippen molar-refractivity contribution in [2.75, 3.05) is 18.0 Å². The molecule has 1 unspecified atom stereocenters. The summed E-state index contributed by atoms with van der Waals surface area (Å²) in [7, 11) is 0. The minimum Gasteiger partial charge on any atom is -0.439 e. The molecule has 1 aliphatic rings. The lowest BCUT2D eigenvalue weighted by molar-refractivity contribution is -0.148. The summed E-state index contributed by atoms with van der Waals surface area (Å²) in [6.45, 7) is 7.55. The van der Waals surface area contributed by atoms with Gasteiger partial charge in [-0.25, -0.2) is 14.7 Å². The number of amides is 2. The normalized spacial score (nSPS) is 16.2. The van der Waals surface area contributed by atoms with E-state index in [1.54, 1.807) is 4.90 Å². The highest BCUT2D eigenvalue weighted by molar-refractivity contribution is 7.22. The Hall–Kier alpha value is -2.15. The molecule has 2 heterocycles. The van der Waals surface area contributed by atoms with E-state index in [1.165, 1.54) is 29.7 Å². The molecule has 0 aliphatic carbocycles. The van der Waals surface area contributed by atoms with E-state index >= 15 is 0 Å². The van der Waals surface area contributed by atoms with Gasteiger partial charge in [-0.15, -0.1) is 0 Å². The number of benzene rings is 1. The van der Waals surface area contributed by atoms with Crippen LogP contribution in [-0.2, 0) is 16.0 Å². The maximum absolute atomic E-state index is 13.4. The molecule has 1 aromatic heterocycles. The second kappa shape index (κ2) is 12.9. The molecule has 182 valence electrons. The summed E-state index contributed by atoms with van der Waals surface area (Å²) in [4.78, 5) is 34.2. The van der Waals surface area contributed by atoms with Crippen LogP contribution in [-0.4, -0.2) is 41.2 Å². The number of para-hydroxylation sites is 1. The van der Waals surface area contributed by atoms with Gasteiger partial charge < -0.3 is 9.64 Å². The zero-order chi connectivity index (χ0) is 23.6. The first kappa shape index (κ1) is 25.5. The topological polar surface area (TPSA) is 62.7 Å². The van der Waals surface area contributed by atoms with Gasteiger partial charge in [-0.3, -0.25) is 4.79 Å². The summed E-state index contributed by atoms with van der Waals surface area (Å²) >= 11 is 1.51. The van der Waals surface area contributed by atoms with Gasteiger partial charge in [0.25, 0.3) is 0 Å². The van der Waals surface area contributed by atoms with Gasteiger partial charge in [-0.2, -0.15) is 0 Å². The minimum atomic E-state index is -0.614. The van der Waals surface area contributed by atoms with Gasteiger partial charge >= 0.3 is 12.0 Å². The lowest BCUT2D eigenvalue weighted by Gasteiger charge is -2.20. The average molecular weight is 474 g/mol. The lowest BCUT2D eigenvalue weighted by atomic mass is 10.1. The molecule has 1 aromatic carbocycles. The van der Waals surface area contributed by atoms with Crippen molar-refractivity contribution in [1.29, 1.82) is 0 Å². The standard InChI is InChI=1S/C26H39N3O3S/c1-4-7-10-14-20-15-13-16-21-24(20)27-25(33-21)29-22(32-23(30)17-11-8-5-2)19-28(26(29)31)18-12-9-6-3/h13,15-16,22H,4-12,14,17-19H2,1-3H3. The summed E-state index contributed by atoms with van der Waals surface area (Å²) in [6.07, 6.45) is 10.3. The van der Waals surface area contributed by atoms with Crippen molar-refractivity contribution in [3.8, 4) is 0 Å². The number of rotatable bonds is 14. The van der Waals surface area contributed by atoms with Crippen molar-refractivity contribution in [1.82, 2.24) is 9.88 Å². The van der Waals surface area contributed by atoms with E-state index in [4.69, 9.17) is 9.72 Å².